The fourth-order valence-corrected chi connectivity index (χ4v) is 4.36. The summed E-state index contributed by atoms with van der Waals surface area (Å²) in [7, 11) is 0. The van der Waals surface area contributed by atoms with Gasteiger partial charge in [0.2, 0.25) is 0 Å². The number of rotatable bonds is 4. The number of anilines is 1. The Morgan fingerprint density at radius 1 is 1.19 bits per heavy atom. The highest BCUT2D eigenvalue weighted by Gasteiger charge is 2.42. The molecule has 2 aromatic rings. The summed E-state index contributed by atoms with van der Waals surface area (Å²) in [5.41, 5.74) is 0.511. The zero-order valence-electron chi connectivity index (χ0n) is 15.2. The van der Waals surface area contributed by atoms with E-state index in [1.165, 1.54) is 38.5 Å². The van der Waals surface area contributed by atoms with Gasteiger partial charge in [-0.25, -0.2) is 0 Å². The lowest BCUT2D eigenvalue weighted by molar-refractivity contribution is -0.126. The maximum absolute atomic E-state index is 13.2. The molecule has 2 aromatic heterocycles. The summed E-state index contributed by atoms with van der Waals surface area (Å²) >= 11 is 0. The number of nitrogens with zero attached hydrogens (tertiary/aromatic N) is 3. The highest BCUT2D eigenvalue weighted by Crippen LogP contribution is 2.32. The van der Waals surface area contributed by atoms with Crippen LogP contribution in [0.4, 0.5) is 5.82 Å². The lowest BCUT2D eigenvalue weighted by Gasteiger charge is -2.36. The zero-order chi connectivity index (χ0) is 17.8. The minimum atomic E-state index is -0.643. The van der Waals surface area contributed by atoms with Crippen molar-refractivity contribution >= 4 is 11.7 Å². The Labute approximate surface area is 153 Å². The highest BCUT2D eigenvalue weighted by molar-refractivity contribution is 5.96. The molecule has 7 nitrogen and oxygen atoms in total. The molecule has 4 rings (SSSR count). The Hall–Kier alpha value is -2.15. The maximum atomic E-state index is 13.2. The molecular weight excluding hydrogens is 328 g/mol. The fourth-order valence-electron chi connectivity index (χ4n) is 4.36. The number of piperidine rings is 1. The molecule has 140 valence electrons. The third-order valence-corrected chi connectivity index (χ3v) is 5.93. The van der Waals surface area contributed by atoms with Crippen molar-refractivity contribution in [1.29, 1.82) is 0 Å². The first-order valence-electron chi connectivity index (χ1n) is 9.85. The molecule has 1 amide bonds. The highest BCUT2D eigenvalue weighted by atomic mass is 16.2. The summed E-state index contributed by atoms with van der Waals surface area (Å²) in [5, 5.41) is 18.3. The average molecular weight is 356 g/mol. The third-order valence-electron chi connectivity index (χ3n) is 5.93. The van der Waals surface area contributed by atoms with Crippen LogP contribution in [0.2, 0.25) is 0 Å². The first-order valence-corrected chi connectivity index (χ1v) is 9.85. The van der Waals surface area contributed by atoms with E-state index in [4.69, 9.17) is 0 Å². The van der Waals surface area contributed by atoms with Crippen molar-refractivity contribution in [3.63, 3.8) is 0 Å². The van der Waals surface area contributed by atoms with E-state index < -0.39 is 5.54 Å². The molecule has 0 atom stereocenters. The maximum Gasteiger partial charge on any atom is 0.253 e. The number of aromatic nitrogens is 4. The number of aromatic amines is 1. The number of hydrogen-bond acceptors (Lipinski definition) is 4. The van der Waals surface area contributed by atoms with E-state index in [0.717, 1.165) is 31.6 Å². The summed E-state index contributed by atoms with van der Waals surface area (Å²) in [6.45, 7) is 1.61. The van der Waals surface area contributed by atoms with Gasteiger partial charge in [-0.15, -0.1) is 0 Å². The van der Waals surface area contributed by atoms with Crippen LogP contribution in [0.3, 0.4) is 0 Å². The molecule has 3 N–H and O–H groups in total. The summed E-state index contributed by atoms with van der Waals surface area (Å²) in [6, 6.07) is 3.89. The van der Waals surface area contributed by atoms with E-state index in [-0.39, 0.29) is 5.91 Å². The zero-order valence-corrected chi connectivity index (χ0v) is 15.2. The van der Waals surface area contributed by atoms with Crippen LogP contribution >= 0.6 is 0 Å². The molecule has 1 saturated heterocycles. The van der Waals surface area contributed by atoms with Gasteiger partial charge in [0.05, 0.1) is 0 Å². The molecular formula is C19H28N6O. The fraction of sp³-hybridized carbons (Fsp3) is 0.632. The van der Waals surface area contributed by atoms with Crippen LogP contribution in [0.15, 0.2) is 24.5 Å². The Kier molecular flexibility index (Phi) is 5.06. The second-order valence-corrected chi connectivity index (χ2v) is 7.58. The van der Waals surface area contributed by atoms with E-state index in [1.807, 2.05) is 23.0 Å². The van der Waals surface area contributed by atoms with Crippen molar-refractivity contribution in [2.24, 2.45) is 0 Å². The van der Waals surface area contributed by atoms with Gasteiger partial charge in [-0.1, -0.05) is 25.7 Å². The molecule has 2 aliphatic rings. The summed E-state index contributed by atoms with van der Waals surface area (Å²) in [6.07, 6.45) is 12.7. The van der Waals surface area contributed by atoms with Gasteiger partial charge < -0.3 is 10.6 Å². The second-order valence-electron chi connectivity index (χ2n) is 7.58. The molecule has 7 heteroatoms. The molecule has 26 heavy (non-hydrogen) atoms. The van der Waals surface area contributed by atoms with Crippen LogP contribution in [0.25, 0.3) is 0 Å². The Bertz CT molecular complexity index is 708. The normalized spacial score (nSPS) is 21.2. The van der Waals surface area contributed by atoms with Crippen LogP contribution in [0, 0.1) is 0 Å². The summed E-state index contributed by atoms with van der Waals surface area (Å²) in [4.78, 5) is 13.2. The molecule has 0 bridgehead atoms. The molecule has 0 aromatic carbocycles. The lowest BCUT2D eigenvalue weighted by Crippen LogP contribution is -2.52. The van der Waals surface area contributed by atoms with Gasteiger partial charge in [0.1, 0.15) is 5.54 Å². The number of amides is 1. The van der Waals surface area contributed by atoms with Crippen molar-refractivity contribution < 1.29 is 4.79 Å². The summed E-state index contributed by atoms with van der Waals surface area (Å²) in [5.74, 6) is 1.13. The van der Waals surface area contributed by atoms with Gasteiger partial charge in [-0.05, 0) is 44.8 Å². The first kappa shape index (κ1) is 17.3. The summed E-state index contributed by atoms with van der Waals surface area (Å²) < 4.78 is 1.81. The SMILES string of the molecule is O=C(Nc1cc(C2CCCCCC2)[nH]n1)C1(n2cccn2)CCNCC1. The van der Waals surface area contributed by atoms with Gasteiger partial charge in [-0.2, -0.15) is 10.2 Å². The van der Waals surface area contributed by atoms with Gasteiger partial charge in [-0.3, -0.25) is 14.6 Å². The molecule has 1 aliphatic carbocycles. The van der Waals surface area contributed by atoms with E-state index in [2.05, 4.69) is 25.9 Å². The predicted molar refractivity (Wildman–Crippen MR) is 100.0 cm³/mol. The van der Waals surface area contributed by atoms with Crippen molar-refractivity contribution in [1.82, 2.24) is 25.3 Å². The molecule has 1 saturated carbocycles. The van der Waals surface area contributed by atoms with Crippen LogP contribution in [-0.4, -0.2) is 39.0 Å². The molecule has 0 unspecified atom stereocenters. The van der Waals surface area contributed by atoms with E-state index in [1.54, 1.807) is 6.20 Å². The van der Waals surface area contributed by atoms with Crippen molar-refractivity contribution in [3.05, 3.63) is 30.2 Å². The largest absolute Gasteiger partial charge is 0.317 e. The van der Waals surface area contributed by atoms with E-state index >= 15 is 0 Å². The predicted octanol–water partition coefficient (Wildman–Crippen LogP) is 2.76. The van der Waals surface area contributed by atoms with E-state index in [9.17, 15) is 4.79 Å². The quantitative estimate of drug-likeness (QED) is 0.735. The van der Waals surface area contributed by atoms with Crippen molar-refractivity contribution in [3.8, 4) is 0 Å². The van der Waals surface area contributed by atoms with Crippen LogP contribution in [0.1, 0.15) is 63.0 Å². The number of H-pyrrole nitrogens is 1. The molecule has 0 radical (unpaired) electrons. The molecule has 0 spiro atoms. The first-order chi connectivity index (χ1) is 12.8. The lowest BCUT2D eigenvalue weighted by atomic mass is 9.87. The van der Waals surface area contributed by atoms with Gasteiger partial charge in [0.25, 0.3) is 5.91 Å². The van der Waals surface area contributed by atoms with Gasteiger partial charge in [0.15, 0.2) is 5.82 Å². The van der Waals surface area contributed by atoms with Gasteiger partial charge in [0, 0.05) is 30.1 Å². The second kappa shape index (κ2) is 7.61. The molecule has 2 fully saturated rings. The molecule has 3 heterocycles. The van der Waals surface area contributed by atoms with Crippen LogP contribution in [0.5, 0.6) is 0 Å². The number of carbonyl (C=O) groups is 1. The number of hydrogen-bond donors (Lipinski definition) is 3. The van der Waals surface area contributed by atoms with Crippen LogP contribution in [-0.2, 0) is 10.3 Å². The third kappa shape index (κ3) is 3.40. The average Bonchev–Trinajstić information content (AvgIpc) is 3.30. The van der Waals surface area contributed by atoms with Crippen molar-refractivity contribution in [2.75, 3.05) is 18.4 Å². The minimum absolute atomic E-state index is 0.0263. The van der Waals surface area contributed by atoms with Crippen molar-refractivity contribution in [2.45, 2.75) is 62.8 Å². The van der Waals surface area contributed by atoms with Gasteiger partial charge >= 0.3 is 0 Å². The standard InChI is InChI=1S/C19H28N6O/c26-18(19(8-11-20-12-9-19)25-13-5-10-21-25)22-17-14-16(23-24-17)15-6-3-1-2-4-7-15/h5,10,13-15,20H,1-4,6-9,11-12H2,(H2,22,23,24,26). The monoisotopic (exact) mass is 356 g/mol. The Balaban J connectivity index is 1.50. The smallest absolute Gasteiger partial charge is 0.253 e. The molecule has 1 aliphatic heterocycles. The van der Waals surface area contributed by atoms with Crippen LogP contribution < -0.4 is 10.6 Å². The Morgan fingerprint density at radius 2 is 1.96 bits per heavy atom. The topological polar surface area (TPSA) is 87.6 Å². The minimum Gasteiger partial charge on any atom is -0.317 e. The number of nitrogens with one attached hydrogen (secondary N) is 3. The number of carbonyl (C=O) groups excluding carboxylic acids is 1. The Morgan fingerprint density at radius 3 is 2.65 bits per heavy atom. The van der Waals surface area contributed by atoms with E-state index in [0.29, 0.717) is 11.7 Å².